The summed E-state index contributed by atoms with van der Waals surface area (Å²) in [5.74, 6) is -2.21. The van der Waals surface area contributed by atoms with Gasteiger partial charge in [0.1, 0.15) is 5.00 Å². The molecule has 7 nitrogen and oxygen atoms in total. The lowest BCUT2D eigenvalue weighted by Gasteiger charge is -2.07. The van der Waals surface area contributed by atoms with Gasteiger partial charge < -0.3 is 14.6 Å². The van der Waals surface area contributed by atoms with Crippen LogP contribution in [0.3, 0.4) is 0 Å². The summed E-state index contributed by atoms with van der Waals surface area (Å²) >= 11 is 2.07. The van der Waals surface area contributed by atoms with Crippen molar-refractivity contribution in [2.24, 2.45) is 7.05 Å². The summed E-state index contributed by atoms with van der Waals surface area (Å²) in [4.78, 5) is 25.3. The maximum absolute atomic E-state index is 12.7. The zero-order valence-electron chi connectivity index (χ0n) is 15.6. The number of carbonyl (C=O) groups excluding carboxylic acids is 2. The summed E-state index contributed by atoms with van der Waals surface area (Å²) in [6.45, 7) is 5.78. The van der Waals surface area contributed by atoms with Crippen LogP contribution in [0.2, 0.25) is 0 Å². The minimum Gasteiger partial charge on any atom is -0.462 e. The number of carbonyl (C=O) groups is 2. The number of aromatic nitrogens is 3. The molecule has 2 aromatic rings. The minimum absolute atomic E-state index is 0.0397. The minimum atomic E-state index is -4.62. The van der Waals surface area contributed by atoms with Gasteiger partial charge in [0.15, 0.2) is 5.16 Å². The van der Waals surface area contributed by atoms with Gasteiger partial charge in [0.25, 0.3) is 0 Å². The molecule has 0 aromatic carbocycles. The van der Waals surface area contributed by atoms with Gasteiger partial charge in [-0.05, 0) is 18.9 Å². The van der Waals surface area contributed by atoms with E-state index in [0.717, 1.165) is 21.2 Å². The van der Waals surface area contributed by atoms with Crippen LogP contribution in [0.15, 0.2) is 11.2 Å². The largest absolute Gasteiger partial charge is 0.462 e. The lowest BCUT2D eigenvalue weighted by molar-refractivity contribution is -0.147. The number of nitrogens with zero attached hydrogens (tertiary/aromatic N) is 3. The number of rotatable bonds is 7. The average molecular weight is 436 g/mol. The second-order valence-corrected chi connectivity index (χ2v) is 7.99. The van der Waals surface area contributed by atoms with Crippen molar-refractivity contribution in [3.8, 4) is 0 Å². The van der Waals surface area contributed by atoms with E-state index >= 15 is 0 Å². The number of hydrogen-bond donors (Lipinski definition) is 1. The van der Waals surface area contributed by atoms with Crippen LogP contribution in [0.5, 0.6) is 0 Å². The van der Waals surface area contributed by atoms with Crippen LogP contribution in [-0.2, 0) is 22.8 Å². The maximum Gasteiger partial charge on any atom is 0.451 e. The van der Waals surface area contributed by atoms with Gasteiger partial charge in [-0.1, -0.05) is 25.6 Å². The van der Waals surface area contributed by atoms with Gasteiger partial charge in [-0.25, -0.2) is 4.79 Å². The lowest BCUT2D eigenvalue weighted by Crippen LogP contribution is -2.16. The van der Waals surface area contributed by atoms with Crippen molar-refractivity contribution in [2.45, 2.75) is 38.0 Å². The summed E-state index contributed by atoms with van der Waals surface area (Å²) in [7, 11) is 1.18. The van der Waals surface area contributed by atoms with E-state index in [1.54, 1.807) is 13.0 Å². The number of esters is 1. The molecule has 28 heavy (non-hydrogen) atoms. The molecule has 2 rings (SSSR count). The highest BCUT2D eigenvalue weighted by atomic mass is 32.2. The Bertz CT molecular complexity index is 862. The summed E-state index contributed by atoms with van der Waals surface area (Å²) < 4.78 is 44.0. The highest BCUT2D eigenvalue weighted by Crippen LogP contribution is 2.34. The van der Waals surface area contributed by atoms with E-state index in [1.165, 1.54) is 18.4 Å². The SMILES string of the molecule is CCOC(=O)c1cc(C(C)C)sc1NC(=O)CSc1nnc(C(F)(F)F)n1C. The van der Waals surface area contributed by atoms with Crippen LogP contribution < -0.4 is 5.32 Å². The third kappa shape index (κ3) is 5.25. The average Bonchev–Trinajstić information content (AvgIpc) is 3.16. The molecule has 1 amide bonds. The van der Waals surface area contributed by atoms with Gasteiger partial charge in [-0.15, -0.1) is 21.5 Å². The Labute approximate surface area is 167 Å². The van der Waals surface area contributed by atoms with E-state index in [1.807, 2.05) is 13.8 Å². The molecule has 2 aromatic heterocycles. The van der Waals surface area contributed by atoms with Crippen molar-refractivity contribution in [2.75, 3.05) is 17.7 Å². The number of amides is 1. The number of ether oxygens (including phenoxy) is 1. The number of thioether (sulfide) groups is 1. The number of anilines is 1. The Hall–Kier alpha value is -2.08. The highest BCUT2D eigenvalue weighted by Gasteiger charge is 2.37. The topological polar surface area (TPSA) is 86.1 Å². The molecule has 1 N–H and O–H groups in total. The van der Waals surface area contributed by atoms with Crippen molar-refractivity contribution < 1.29 is 27.5 Å². The van der Waals surface area contributed by atoms with E-state index in [0.29, 0.717) is 5.00 Å². The first-order chi connectivity index (χ1) is 13.0. The fourth-order valence-corrected chi connectivity index (χ4v) is 3.90. The van der Waals surface area contributed by atoms with E-state index in [-0.39, 0.29) is 29.0 Å². The molecule has 0 saturated carbocycles. The summed E-state index contributed by atoms with van der Waals surface area (Å²) in [6.07, 6.45) is -4.62. The molecule has 0 spiro atoms. The van der Waals surface area contributed by atoms with E-state index < -0.39 is 23.9 Å². The van der Waals surface area contributed by atoms with E-state index in [2.05, 4.69) is 15.5 Å². The number of thiophene rings is 1. The fraction of sp³-hybridized carbons (Fsp3) is 0.500. The van der Waals surface area contributed by atoms with Gasteiger partial charge in [0.2, 0.25) is 11.7 Å². The van der Waals surface area contributed by atoms with Gasteiger partial charge >= 0.3 is 12.1 Å². The molecule has 12 heteroatoms. The predicted molar refractivity (Wildman–Crippen MR) is 99.7 cm³/mol. The number of hydrogen-bond acceptors (Lipinski definition) is 7. The zero-order chi connectivity index (χ0) is 21.1. The fourth-order valence-electron chi connectivity index (χ4n) is 2.13. The molecule has 0 bridgehead atoms. The molecule has 0 aliphatic heterocycles. The van der Waals surface area contributed by atoms with Crippen LogP contribution in [0, 0.1) is 0 Å². The van der Waals surface area contributed by atoms with E-state index in [9.17, 15) is 22.8 Å². The smallest absolute Gasteiger partial charge is 0.451 e. The standard InChI is InChI=1S/C16H19F3N4O3S2/c1-5-26-13(25)9-6-10(8(2)3)28-12(9)20-11(24)7-27-15-22-21-14(23(15)4)16(17,18)19/h6,8H,5,7H2,1-4H3,(H,20,24). The Morgan fingerprint density at radius 1 is 1.36 bits per heavy atom. The summed E-state index contributed by atoms with van der Waals surface area (Å²) in [5.41, 5.74) is 0.256. The molecule has 154 valence electrons. The first kappa shape index (κ1) is 22.2. The highest BCUT2D eigenvalue weighted by molar-refractivity contribution is 7.99. The van der Waals surface area contributed by atoms with Crippen molar-refractivity contribution in [1.82, 2.24) is 14.8 Å². The first-order valence-corrected chi connectivity index (χ1v) is 10.0. The van der Waals surface area contributed by atoms with Crippen LogP contribution in [0.4, 0.5) is 18.2 Å². The van der Waals surface area contributed by atoms with Crippen LogP contribution in [0.25, 0.3) is 0 Å². The van der Waals surface area contributed by atoms with Crippen molar-refractivity contribution in [3.63, 3.8) is 0 Å². The molecule has 0 aliphatic rings. The van der Waals surface area contributed by atoms with Crippen molar-refractivity contribution >= 4 is 40.0 Å². The molecule has 2 heterocycles. The number of nitrogens with one attached hydrogen (secondary N) is 1. The molecular weight excluding hydrogens is 417 g/mol. The second-order valence-electron chi connectivity index (χ2n) is 5.97. The van der Waals surface area contributed by atoms with Gasteiger partial charge in [-0.2, -0.15) is 13.2 Å². The van der Waals surface area contributed by atoms with Crippen LogP contribution in [0.1, 0.15) is 47.7 Å². The molecule has 0 atom stereocenters. The monoisotopic (exact) mass is 436 g/mol. The van der Waals surface area contributed by atoms with Crippen LogP contribution >= 0.6 is 23.1 Å². The Balaban J connectivity index is 2.09. The third-order valence-corrected chi connectivity index (χ3v) is 5.86. The Morgan fingerprint density at radius 3 is 2.57 bits per heavy atom. The van der Waals surface area contributed by atoms with Crippen molar-refractivity contribution in [3.05, 3.63) is 22.3 Å². The third-order valence-electron chi connectivity index (χ3n) is 3.49. The van der Waals surface area contributed by atoms with E-state index in [4.69, 9.17) is 4.74 Å². The van der Waals surface area contributed by atoms with Gasteiger partial charge in [-0.3, -0.25) is 4.79 Å². The first-order valence-electron chi connectivity index (χ1n) is 8.24. The second kappa shape index (κ2) is 8.95. The lowest BCUT2D eigenvalue weighted by atomic mass is 10.1. The molecule has 0 saturated heterocycles. The molecular formula is C16H19F3N4O3S2. The molecule has 0 fully saturated rings. The normalized spacial score (nSPS) is 11.7. The molecule has 0 unspecified atom stereocenters. The van der Waals surface area contributed by atoms with Gasteiger partial charge in [0.05, 0.1) is 17.9 Å². The number of alkyl halides is 3. The zero-order valence-corrected chi connectivity index (χ0v) is 17.2. The Morgan fingerprint density at radius 2 is 2.04 bits per heavy atom. The molecule has 0 radical (unpaired) electrons. The van der Waals surface area contributed by atoms with Crippen molar-refractivity contribution in [1.29, 1.82) is 0 Å². The summed E-state index contributed by atoms with van der Waals surface area (Å²) in [5, 5.41) is 9.51. The maximum atomic E-state index is 12.7. The Kier molecular flexibility index (Phi) is 7.10. The van der Waals surface area contributed by atoms with Gasteiger partial charge in [0, 0.05) is 11.9 Å². The molecule has 0 aliphatic carbocycles. The number of halogens is 3. The quantitative estimate of drug-likeness (QED) is 0.523. The summed E-state index contributed by atoms with van der Waals surface area (Å²) in [6, 6.07) is 1.67. The predicted octanol–water partition coefficient (Wildman–Crippen LogP) is 3.93. The van der Waals surface area contributed by atoms with Crippen LogP contribution in [-0.4, -0.2) is 39.0 Å².